The fraction of sp³-hybridized carbons (Fsp3) is 0.421. The number of aryl methyl sites for hydroxylation is 1. The second-order valence-corrected chi connectivity index (χ2v) is 6.74. The third-order valence-corrected chi connectivity index (χ3v) is 4.95. The molecule has 0 fully saturated rings. The first kappa shape index (κ1) is 20.7. The molecular formula is C19H26N4O3S. The van der Waals surface area contributed by atoms with Crippen molar-refractivity contribution >= 4 is 23.3 Å². The number of hydrogen-bond acceptors (Lipinski definition) is 6. The van der Waals surface area contributed by atoms with Crippen molar-refractivity contribution in [3.05, 3.63) is 45.9 Å². The highest BCUT2D eigenvalue weighted by molar-refractivity contribution is 7.13. The van der Waals surface area contributed by atoms with Crippen LogP contribution in [-0.4, -0.2) is 43.7 Å². The summed E-state index contributed by atoms with van der Waals surface area (Å²) in [6.07, 6.45) is 0. The van der Waals surface area contributed by atoms with Crippen LogP contribution in [0.4, 0.5) is 0 Å². The predicted octanol–water partition coefficient (Wildman–Crippen LogP) is 2.93. The number of carbonyl (C=O) groups is 1. The Morgan fingerprint density at radius 3 is 2.74 bits per heavy atom. The standard InChI is InChI=1S/C19H26N4O3S/c1-5-25-18(24)16-13(2)22-17(27-16)14(3)23-19(20-4)21-11-12-26-15-9-7-6-8-10-15/h6-10,14H,5,11-12H2,1-4H3,(H2,20,21,23). The zero-order valence-electron chi connectivity index (χ0n) is 16.1. The summed E-state index contributed by atoms with van der Waals surface area (Å²) >= 11 is 1.34. The minimum atomic E-state index is -0.327. The van der Waals surface area contributed by atoms with E-state index in [1.54, 1.807) is 14.0 Å². The number of aliphatic imine (C=N–C) groups is 1. The predicted molar refractivity (Wildman–Crippen MR) is 108 cm³/mol. The maximum absolute atomic E-state index is 11.9. The molecule has 1 unspecified atom stereocenters. The molecule has 0 aliphatic heterocycles. The van der Waals surface area contributed by atoms with E-state index in [9.17, 15) is 4.79 Å². The van der Waals surface area contributed by atoms with Crippen LogP contribution in [0.3, 0.4) is 0 Å². The van der Waals surface area contributed by atoms with Crippen LogP contribution in [0.5, 0.6) is 5.75 Å². The van der Waals surface area contributed by atoms with E-state index in [1.165, 1.54) is 11.3 Å². The van der Waals surface area contributed by atoms with E-state index >= 15 is 0 Å². The third kappa shape index (κ3) is 6.25. The Hall–Kier alpha value is -2.61. The van der Waals surface area contributed by atoms with Gasteiger partial charge in [0.2, 0.25) is 0 Å². The van der Waals surface area contributed by atoms with Crippen LogP contribution in [-0.2, 0) is 4.74 Å². The number of carbonyl (C=O) groups excluding carboxylic acids is 1. The molecule has 0 saturated heterocycles. The van der Waals surface area contributed by atoms with E-state index in [2.05, 4.69) is 20.6 Å². The number of aromatic nitrogens is 1. The molecule has 27 heavy (non-hydrogen) atoms. The van der Waals surface area contributed by atoms with Crippen molar-refractivity contribution in [1.29, 1.82) is 0 Å². The van der Waals surface area contributed by atoms with E-state index in [1.807, 2.05) is 44.2 Å². The Labute approximate surface area is 163 Å². The number of esters is 1. The summed E-state index contributed by atoms with van der Waals surface area (Å²) in [4.78, 5) is 21.2. The van der Waals surface area contributed by atoms with Crippen molar-refractivity contribution in [3.8, 4) is 5.75 Å². The lowest BCUT2D eigenvalue weighted by atomic mass is 10.3. The summed E-state index contributed by atoms with van der Waals surface area (Å²) in [5.74, 6) is 1.15. The molecule has 2 N–H and O–H groups in total. The van der Waals surface area contributed by atoms with Crippen LogP contribution < -0.4 is 15.4 Å². The number of nitrogens with zero attached hydrogens (tertiary/aromatic N) is 2. The zero-order chi connectivity index (χ0) is 19.6. The topological polar surface area (TPSA) is 84.8 Å². The van der Waals surface area contributed by atoms with Gasteiger partial charge in [-0.1, -0.05) is 18.2 Å². The maximum Gasteiger partial charge on any atom is 0.350 e. The largest absolute Gasteiger partial charge is 0.492 e. The Bertz CT molecular complexity index is 762. The van der Waals surface area contributed by atoms with Gasteiger partial charge in [-0.05, 0) is 32.9 Å². The van der Waals surface area contributed by atoms with E-state index < -0.39 is 0 Å². The first-order chi connectivity index (χ1) is 13.0. The molecule has 8 heteroatoms. The van der Waals surface area contributed by atoms with E-state index in [0.717, 1.165) is 10.8 Å². The Kier molecular flexibility index (Phi) is 8.06. The van der Waals surface area contributed by atoms with Gasteiger partial charge in [-0.3, -0.25) is 4.99 Å². The van der Waals surface area contributed by atoms with Crippen LogP contribution in [0.25, 0.3) is 0 Å². The second-order valence-electron chi connectivity index (χ2n) is 5.71. The van der Waals surface area contributed by atoms with Crippen molar-refractivity contribution in [2.75, 3.05) is 26.8 Å². The summed E-state index contributed by atoms with van der Waals surface area (Å²) in [5.41, 5.74) is 0.682. The molecule has 2 rings (SSSR count). The maximum atomic E-state index is 11.9. The minimum absolute atomic E-state index is 0.0990. The minimum Gasteiger partial charge on any atom is -0.492 e. The lowest BCUT2D eigenvalue weighted by Gasteiger charge is -2.16. The summed E-state index contributed by atoms with van der Waals surface area (Å²) in [6, 6.07) is 9.56. The quantitative estimate of drug-likeness (QED) is 0.312. The number of ether oxygens (including phenoxy) is 2. The Balaban J connectivity index is 1.85. The van der Waals surface area contributed by atoms with Crippen LogP contribution in [0, 0.1) is 6.92 Å². The highest BCUT2D eigenvalue weighted by Crippen LogP contribution is 2.24. The van der Waals surface area contributed by atoms with Gasteiger partial charge in [-0.25, -0.2) is 9.78 Å². The molecule has 2 aromatic rings. The van der Waals surface area contributed by atoms with Crippen LogP contribution in [0.2, 0.25) is 0 Å². The van der Waals surface area contributed by atoms with Crippen molar-refractivity contribution in [2.45, 2.75) is 26.8 Å². The van der Waals surface area contributed by atoms with Gasteiger partial charge in [0.1, 0.15) is 22.2 Å². The van der Waals surface area contributed by atoms with Crippen LogP contribution >= 0.6 is 11.3 Å². The molecule has 0 radical (unpaired) electrons. The van der Waals surface area contributed by atoms with Gasteiger partial charge in [0.05, 0.1) is 24.9 Å². The van der Waals surface area contributed by atoms with Gasteiger partial charge in [0.15, 0.2) is 5.96 Å². The van der Waals surface area contributed by atoms with Gasteiger partial charge in [-0.2, -0.15) is 0 Å². The highest BCUT2D eigenvalue weighted by Gasteiger charge is 2.20. The van der Waals surface area contributed by atoms with Gasteiger partial charge in [-0.15, -0.1) is 11.3 Å². The molecule has 146 valence electrons. The van der Waals surface area contributed by atoms with Crippen LogP contribution in [0.1, 0.15) is 40.3 Å². The molecule has 7 nitrogen and oxygen atoms in total. The first-order valence-electron chi connectivity index (χ1n) is 8.84. The van der Waals surface area contributed by atoms with Gasteiger partial charge in [0, 0.05) is 7.05 Å². The fourth-order valence-corrected chi connectivity index (χ4v) is 3.27. The number of thiazole rings is 1. The molecule has 0 aliphatic carbocycles. The lowest BCUT2D eigenvalue weighted by Crippen LogP contribution is -2.40. The number of hydrogen-bond donors (Lipinski definition) is 2. The average molecular weight is 391 g/mol. The molecule has 0 aliphatic rings. The Morgan fingerprint density at radius 1 is 1.33 bits per heavy atom. The highest BCUT2D eigenvalue weighted by atomic mass is 32.1. The van der Waals surface area contributed by atoms with Crippen molar-refractivity contribution in [3.63, 3.8) is 0 Å². The third-order valence-electron chi connectivity index (χ3n) is 3.63. The first-order valence-corrected chi connectivity index (χ1v) is 9.66. The monoisotopic (exact) mass is 390 g/mol. The van der Waals surface area contributed by atoms with E-state index in [-0.39, 0.29) is 12.0 Å². The fourth-order valence-electron chi connectivity index (χ4n) is 2.31. The normalized spacial score (nSPS) is 12.4. The number of rotatable bonds is 8. The summed E-state index contributed by atoms with van der Waals surface area (Å²) in [7, 11) is 1.71. The number of nitrogens with one attached hydrogen (secondary N) is 2. The molecule has 1 aromatic heterocycles. The van der Waals surface area contributed by atoms with E-state index in [0.29, 0.717) is 36.3 Å². The molecule has 0 saturated carbocycles. The lowest BCUT2D eigenvalue weighted by molar-refractivity contribution is 0.0531. The van der Waals surface area contributed by atoms with Crippen molar-refractivity contribution in [2.24, 2.45) is 4.99 Å². The summed E-state index contributed by atoms with van der Waals surface area (Å²) < 4.78 is 10.7. The van der Waals surface area contributed by atoms with Crippen LogP contribution in [0.15, 0.2) is 35.3 Å². The van der Waals surface area contributed by atoms with Gasteiger partial charge in [0.25, 0.3) is 0 Å². The number of benzene rings is 1. The molecule has 1 heterocycles. The second kappa shape index (κ2) is 10.5. The molecule has 1 atom stereocenters. The summed E-state index contributed by atoms with van der Waals surface area (Å²) in [5, 5.41) is 7.28. The van der Waals surface area contributed by atoms with Gasteiger partial charge >= 0.3 is 5.97 Å². The van der Waals surface area contributed by atoms with Crippen molar-refractivity contribution < 1.29 is 14.3 Å². The smallest absolute Gasteiger partial charge is 0.350 e. The zero-order valence-corrected chi connectivity index (χ0v) is 16.9. The number of para-hydroxylation sites is 1. The number of guanidine groups is 1. The summed E-state index contributed by atoms with van der Waals surface area (Å²) in [6.45, 7) is 7.04. The Morgan fingerprint density at radius 2 is 2.07 bits per heavy atom. The molecule has 0 spiro atoms. The SMILES string of the molecule is CCOC(=O)c1sc(C(C)NC(=NC)NCCOc2ccccc2)nc1C. The van der Waals surface area contributed by atoms with Gasteiger partial charge < -0.3 is 20.1 Å². The van der Waals surface area contributed by atoms with Crippen molar-refractivity contribution in [1.82, 2.24) is 15.6 Å². The average Bonchev–Trinajstić information content (AvgIpc) is 3.07. The van der Waals surface area contributed by atoms with E-state index in [4.69, 9.17) is 9.47 Å². The molecule has 0 bridgehead atoms. The molecule has 0 amide bonds. The molecule has 1 aromatic carbocycles. The molecular weight excluding hydrogens is 364 g/mol.